The smallest absolute Gasteiger partial charge is 0.220 e. The normalized spacial score (nSPS) is 18.4. The number of hydrogen-bond acceptors (Lipinski definition) is 5. The lowest BCUT2D eigenvalue weighted by atomic mass is 9.86. The van der Waals surface area contributed by atoms with Crippen molar-refractivity contribution >= 4 is 11.7 Å². The molecule has 0 spiro atoms. The Morgan fingerprint density at radius 3 is 1.97 bits per heavy atom. The van der Waals surface area contributed by atoms with Gasteiger partial charge in [-0.15, -0.1) is 0 Å². The Labute approximate surface area is 184 Å². The van der Waals surface area contributed by atoms with E-state index in [2.05, 4.69) is 31.4 Å². The molecule has 0 aromatic rings. The molecule has 1 saturated carbocycles. The first-order valence-corrected chi connectivity index (χ1v) is 12.0. The van der Waals surface area contributed by atoms with Crippen LogP contribution in [0.15, 0.2) is 0 Å². The van der Waals surface area contributed by atoms with Crippen molar-refractivity contribution in [3.8, 4) is 0 Å². The van der Waals surface area contributed by atoms with Gasteiger partial charge in [-0.25, -0.2) is 0 Å². The van der Waals surface area contributed by atoms with Crippen LogP contribution in [0.25, 0.3) is 0 Å². The Balaban J connectivity index is 2.32. The van der Waals surface area contributed by atoms with Crippen LogP contribution in [-0.4, -0.2) is 49.8 Å². The van der Waals surface area contributed by atoms with Crippen LogP contribution in [0.3, 0.4) is 0 Å². The average molecular weight is 427 g/mol. The summed E-state index contributed by atoms with van der Waals surface area (Å²) in [6.07, 6.45) is 6.28. The fraction of sp³-hybridized carbons (Fsp3) is 0.917. The summed E-state index contributed by atoms with van der Waals surface area (Å²) in [5.41, 5.74) is 0. The number of nitrogens with one attached hydrogen (secondary N) is 2. The summed E-state index contributed by atoms with van der Waals surface area (Å²) in [4.78, 5) is 24.2. The van der Waals surface area contributed by atoms with Crippen LogP contribution in [0.2, 0.25) is 0 Å². The molecule has 0 saturated heterocycles. The van der Waals surface area contributed by atoms with E-state index in [1.54, 1.807) is 0 Å². The summed E-state index contributed by atoms with van der Waals surface area (Å²) in [5.74, 6) is 0.233. The SMILES string of the molecule is CC(C)NCCOC1(OCCNC(=O)CC(C)C(C)CC(=O)C(C)C)CCCCC1. The first-order valence-electron chi connectivity index (χ1n) is 12.0. The van der Waals surface area contributed by atoms with Gasteiger partial charge in [0, 0.05) is 50.7 Å². The molecule has 176 valence electrons. The van der Waals surface area contributed by atoms with Crippen LogP contribution in [0, 0.1) is 17.8 Å². The van der Waals surface area contributed by atoms with Crippen molar-refractivity contribution in [2.24, 2.45) is 17.8 Å². The van der Waals surface area contributed by atoms with Crippen LogP contribution in [0.4, 0.5) is 0 Å². The summed E-state index contributed by atoms with van der Waals surface area (Å²) < 4.78 is 12.3. The lowest BCUT2D eigenvalue weighted by Crippen LogP contribution is -2.42. The average Bonchev–Trinajstić information content (AvgIpc) is 2.69. The molecule has 1 rings (SSSR count). The quantitative estimate of drug-likeness (QED) is 0.305. The fourth-order valence-corrected chi connectivity index (χ4v) is 3.75. The molecule has 0 aliphatic heterocycles. The van der Waals surface area contributed by atoms with Crippen LogP contribution in [-0.2, 0) is 19.1 Å². The highest BCUT2D eigenvalue weighted by molar-refractivity contribution is 5.80. The summed E-state index contributed by atoms with van der Waals surface area (Å²) in [6, 6.07) is 0.445. The number of ketones is 1. The van der Waals surface area contributed by atoms with Gasteiger partial charge in [0.2, 0.25) is 5.91 Å². The topological polar surface area (TPSA) is 76.7 Å². The number of carbonyl (C=O) groups excluding carboxylic acids is 2. The Morgan fingerprint density at radius 2 is 1.40 bits per heavy atom. The third-order valence-electron chi connectivity index (χ3n) is 6.07. The molecule has 1 fully saturated rings. The van der Waals surface area contributed by atoms with Gasteiger partial charge in [0.15, 0.2) is 5.79 Å². The zero-order valence-electron chi connectivity index (χ0n) is 20.2. The first-order chi connectivity index (χ1) is 14.1. The Bertz CT molecular complexity index is 501. The molecule has 6 heteroatoms. The Kier molecular flexibility index (Phi) is 12.8. The van der Waals surface area contributed by atoms with Crippen molar-refractivity contribution in [3.05, 3.63) is 0 Å². The van der Waals surface area contributed by atoms with Crippen molar-refractivity contribution in [1.29, 1.82) is 0 Å². The van der Waals surface area contributed by atoms with E-state index in [0.717, 1.165) is 32.2 Å². The highest BCUT2D eigenvalue weighted by Crippen LogP contribution is 2.32. The molecule has 0 aromatic carbocycles. The van der Waals surface area contributed by atoms with Crippen molar-refractivity contribution in [2.45, 2.75) is 98.3 Å². The van der Waals surface area contributed by atoms with E-state index in [1.165, 1.54) is 6.42 Å². The monoisotopic (exact) mass is 426 g/mol. The molecule has 2 atom stereocenters. The zero-order valence-corrected chi connectivity index (χ0v) is 20.2. The third-order valence-corrected chi connectivity index (χ3v) is 6.07. The summed E-state index contributed by atoms with van der Waals surface area (Å²) in [6.45, 7) is 14.6. The van der Waals surface area contributed by atoms with Crippen LogP contribution in [0.1, 0.15) is 86.5 Å². The number of hydrogen-bond donors (Lipinski definition) is 2. The van der Waals surface area contributed by atoms with Crippen LogP contribution in [0.5, 0.6) is 0 Å². The fourth-order valence-electron chi connectivity index (χ4n) is 3.75. The highest BCUT2D eigenvalue weighted by atomic mass is 16.7. The summed E-state index contributed by atoms with van der Waals surface area (Å²) >= 11 is 0. The maximum Gasteiger partial charge on any atom is 0.220 e. The number of rotatable bonds is 15. The molecule has 30 heavy (non-hydrogen) atoms. The van der Waals surface area contributed by atoms with Gasteiger partial charge in [0.05, 0.1) is 13.2 Å². The minimum absolute atomic E-state index is 0.0229. The van der Waals surface area contributed by atoms with Gasteiger partial charge in [0.1, 0.15) is 5.78 Å². The van der Waals surface area contributed by atoms with Gasteiger partial charge < -0.3 is 20.1 Å². The van der Waals surface area contributed by atoms with Gasteiger partial charge in [-0.2, -0.15) is 0 Å². The molecule has 0 radical (unpaired) electrons. The second-order valence-corrected chi connectivity index (χ2v) is 9.61. The van der Waals surface area contributed by atoms with E-state index in [1.807, 2.05) is 20.8 Å². The van der Waals surface area contributed by atoms with E-state index in [0.29, 0.717) is 38.6 Å². The maximum atomic E-state index is 12.3. The predicted octanol–water partition coefficient (Wildman–Crippen LogP) is 4.07. The number of ether oxygens (including phenoxy) is 2. The Morgan fingerprint density at radius 1 is 0.833 bits per heavy atom. The summed E-state index contributed by atoms with van der Waals surface area (Å²) in [5, 5.41) is 6.34. The number of amides is 1. The van der Waals surface area contributed by atoms with E-state index in [9.17, 15) is 9.59 Å². The largest absolute Gasteiger partial charge is 0.354 e. The summed E-state index contributed by atoms with van der Waals surface area (Å²) in [7, 11) is 0. The second-order valence-electron chi connectivity index (χ2n) is 9.61. The molecule has 6 nitrogen and oxygen atoms in total. The molecule has 2 N–H and O–H groups in total. The molecule has 0 heterocycles. The molecule has 0 aromatic heterocycles. The molecule has 1 amide bonds. The molecule has 0 bridgehead atoms. The molecular weight excluding hydrogens is 380 g/mol. The van der Waals surface area contributed by atoms with Crippen molar-refractivity contribution < 1.29 is 19.1 Å². The maximum absolute atomic E-state index is 12.3. The number of Topliss-reactive ketones (excluding diaryl/α,β-unsaturated/α-hetero) is 1. The standard InChI is InChI=1S/C24H46N2O4/c1-18(2)22(27)16-20(5)21(6)17-23(28)26-13-15-30-24(10-8-7-9-11-24)29-14-12-25-19(3)4/h18-21,25H,7-17H2,1-6H3,(H,26,28). The van der Waals surface area contributed by atoms with E-state index in [4.69, 9.17) is 9.47 Å². The first kappa shape index (κ1) is 27.1. The van der Waals surface area contributed by atoms with Crippen molar-refractivity contribution in [2.75, 3.05) is 26.3 Å². The van der Waals surface area contributed by atoms with Gasteiger partial charge >= 0.3 is 0 Å². The molecule has 1 aliphatic rings. The zero-order chi connectivity index (χ0) is 22.6. The highest BCUT2D eigenvalue weighted by Gasteiger charge is 2.33. The van der Waals surface area contributed by atoms with Gasteiger partial charge in [0.25, 0.3) is 0 Å². The Hall–Kier alpha value is -0.980. The number of carbonyl (C=O) groups is 2. The van der Waals surface area contributed by atoms with Crippen LogP contribution < -0.4 is 10.6 Å². The van der Waals surface area contributed by atoms with Crippen LogP contribution >= 0.6 is 0 Å². The van der Waals surface area contributed by atoms with Gasteiger partial charge in [-0.3, -0.25) is 9.59 Å². The van der Waals surface area contributed by atoms with Gasteiger partial charge in [-0.05, 0) is 24.7 Å². The van der Waals surface area contributed by atoms with E-state index < -0.39 is 5.79 Å². The van der Waals surface area contributed by atoms with E-state index in [-0.39, 0.29) is 29.4 Å². The lowest BCUT2D eigenvalue weighted by molar-refractivity contribution is -0.250. The predicted molar refractivity (Wildman–Crippen MR) is 121 cm³/mol. The molecule has 1 aliphatic carbocycles. The minimum Gasteiger partial charge on any atom is -0.354 e. The second kappa shape index (κ2) is 14.2. The van der Waals surface area contributed by atoms with E-state index >= 15 is 0 Å². The molecule has 2 unspecified atom stereocenters. The minimum atomic E-state index is -0.499. The van der Waals surface area contributed by atoms with Crippen molar-refractivity contribution in [3.63, 3.8) is 0 Å². The van der Waals surface area contributed by atoms with Gasteiger partial charge in [-0.1, -0.05) is 48.0 Å². The lowest BCUT2D eigenvalue weighted by Gasteiger charge is -2.37. The third kappa shape index (κ3) is 10.9. The van der Waals surface area contributed by atoms with Crippen molar-refractivity contribution in [1.82, 2.24) is 10.6 Å². The molecular formula is C24H46N2O4.